The Hall–Kier alpha value is -3.02. The summed E-state index contributed by atoms with van der Waals surface area (Å²) in [6.07, 6.45) is 1.03. The Labute approximate surface area is 172 Å². The minimum Gasteiger partial charge on any atom is -0.484 e. The third-order valence-electron chi connectivity index (χ3n) is 4.99. The van der Waals surface area contributed by atoms with Crippen molar-refractivity contribution in [1.82, 2.24) is 10.9 Å². The van der Waals surface area contributed by atoms with Gasteiger partial charge in [0.05, 0.1) is 0 Å². The van der Waals surface area contributed by atoms with Crippen molar-refractivity contribution < 1.29 is 19.1 Å². The van der Waals surface area contributed by atoms with Gasteiger partial charge in [0.25, 0.3) is 11.8 Å². The molecule has 0 saturated heterocycles. The van der Waals surface area contributed by atoms with Crippen molar-refractivity contribution in [2.24, 2.45) is 0 Å². The molecule has 0 radical (unpaired) electrons. The number of benzene rings is 2. The molecule has 0 spiro atoms. The minimum atomic E-state index is -0.455. The van der Waals surface area contributed by atoms with Crippen molar-refractivity contribution in [2.45, 2.75) is 46.5 Å². The fourth-order valence-corrected chi connectivity index (χ4v) is 2.73. The van der Waals surface area contributed by atoms with Gasteiger partial charge in [-0.2, -0.15) is 0 Å². The van der Waals surface area contributed by atoms with Crippen LogP contribution in [0.3, 0.4) is 0 Å². The van der Waals surface area contributed by atoms with E-state index >= 15 is 0 Å². The van der Waals surface area contributed by atoms with Crippen molar-refractivity contribution >= 4 is 11.8 Å². The fraction of sp³-hybridized carbons (Fsp3) is 0.391. The molecule has 0 aliphatic carbocycles. The summed E-state index contributed by atoms with van der Waals surface area (Å²) < 4.78 is 11.0. The Morgan fingerprint density at radius 1 is 0.862 bits per heavy atom. The van der Waals surface area contributed by atoms with Gasteiger partial charge in [-0.3, -0.25) is 20.4 Å². The highest BCUT2D eigenvalue weighted by atomic mass is 16.5. The molecule has 2 aromatic rings. The normalized spacial score (nSPS) is 10.9. The summed E-state index contributed by atoms with van der Waals surface area (Å²) in [5.74, 6) is 0.364. The zero-order valence-electron chi connectivity index (χ0n) is 17.8. The van der Waals surface area contributed by atoms with Crippen molar-refractivity contribution in [1.29, 1.82) is 0 Å². The Kier molecular flexibility index (Phi) is 7.65. The highest BCUT2D eigenvalue weighted by Crippen LogP contribution is 2.28. The second-order valence-electron chi connectivity index (χ2n) is 7.66. The Morgan fingerprint density at radius 2 is 1.38 bits per heavy atom. The second-order valence-corrected chi connectivity index (χ2v) is 7.66. The molecular formula is C23H30N2O4. The smallest absolute Gasteiger partial charge is 0.276 e. The van der Waals surface area contributed by atoms with Crippen LogP contribution in [0.5, 0.6) is 11.5 Å². The van der Waals surface area contributed by atoms with Crippen molar-refractivity contribution in [3.05, 3.63) is 59.2 Å². The quantitative estimate of drug-likeness (QED) is 0.666. The Bertz CT molecular complexity index is 824. The summed E-state index contributed by atoms with van der Waals surface area (Å²) in [6.45, 7) is 9.95. The van der Waals surface area contributed by atoms with Gasteiger partial charge in [-0.05, 0) is 54.5 Å². The standard InChI is InChI=1S/C23H30N2O4/c1-6-23(4,5)18-10-12-19(13-11-18)28-14-20(26)24-25-21(27)15-29-22-16(2)8-7-9-17(22)3/h7-13H,6,14-15H2,1-5H3,(H,24,26)(H,25,27). The molecule has 2 N–H and O–H groups in total. The van der Waals surface area contributed by atoms with Crippen molar-refractivity contribution in [3.63, 3.8) is 0 Å². The molecule has 29 heavy (non-hydrogen) atoms. The van der Waals surface area contributed by atoms with Gasteiger partial charge < -0.3 is 9.47 Å². The first-order chi connectivity index (χ1) is 13.7. The monoisotopic (exact) mass is 398 g/mol. The lowest BCUT2D eigenvalue weighted by atomic mass is 9.82. The molecule has 0 fully saturated rings. The fourth-order valence-electron chi connectivity index (χ4n) is 2.73. The molecule has 0 saturated carbocycles. The largest absolute Gasteiger partial charge is 0.484 e. The average molecular weight is 399 g/mol. The number of carbonyl (C=O) groups is 2. The summed E-state index contributed by atoms with van der Waals surface area (Å²) in [5.41, 5.74) is 7.85. The zero-order valence-corrected chi connectivity index (χ0v) is 17.8. The minimum absolute atomic E-state index is 0.0963. The first-order valence-corrected chi connectivity index (χ1v) is 9.73. The molecule has 0 unspecified atom stereocenters. The predicted octanol–water partition coefficient (Wildman–Crippen LogP) is 3.60. The van der Waals surface area contributed by atoms with E-state index in [1.54, 1.807) is 0 Å². The summed E-state index contributed by atoms with van der Waals surface area (Å²) in [7, 11) is 0. The van der Waals surface area contributed by atoms with E-state index in [1.165, 1.54) is 5.56 Å². The molecule has 6 nitrogen and oxygen atoms in total. The van der Waals surface area contributed by atoms with Crippen molar-refractivity contribution in [2.75, 3.05) is 13.2 Å². The van der Waals surface area contributed by atoms with E-state index in [0.717, 1.165) is 17.5 Å². The van der Waals surface area contributed by atoms with Crippen LogP contribution in [0.25, 0.3) is 0 Å². The van der Waals surface area contributed by atoms with Gasteiger partial charge in [0.1, 0.15) is 11.5 Å². The van der Waals surface area contributed by atoms with Gasteiger partial charge in [0.15, 0.2) is 13.2 Å². The molecule has 0 bridgehead atoms. The highest BCUT2D eigenvalue weighted by Gasteiger charge is 2.17. The number of hydrazine groups is 1. The third kappa shape index (κ3) is 6.52. The van der Waals surface area contributed by atoms with E-state index in [1.807, 2.05) is 56.3 Å². The molecule has 0 aromatic heterocycles. The highest BCUT2D eigenvalue weighted by molar-refractivity contribution is 5.83. The summed E-state index contributed by atoms with van der Waals surface area (Å²) in [4.78, 5) is 23.8. The van der Waals surface area contributed by atoms with Gasteiger partial charge in [-0.25, -0.2) is 0 Å². The van der Waals surface area contributed by atoms with Crippen LogP contribution in [0.1, 0.15) is 43.9 Å². The molecule has 0 aliphatic rings. The first kappa shape index (κ1) is 22.3. The SMILES string of the molecule is CCC(C)(C)c1ccc(OCC(=O)NNC(=O)COc2c(C)cccc2C)cc1. The van der Waals surface area contributed by atoms with Crippen LogP contribution in [0.15, 0.2) is 42.5 Å². The van der Waals surface area contributed by atoms with E-state index in [-0.39, 0.29) is 18.6 Å². The van der Waals surface area contributed by atoms with E-state index in [2.05, 4.69) is 31.6 Å². The van der Waals surface area contributed by atoms with E-state index < -0.39 is 11.8 Å². The maximum Gasteiger partial charge on any atom is 0.276 e. The number of amides is 2. The predicted molar refractivity (Wildman–Crippen MR) is 113 cm³/mol. The number of para-hydroxylation sites is 1. The number of hydrogen-bond donors (Lipinski definition) is 2. The molecule has 2 aromatic carbocycles. The lowest BCUT2D eigenvalue weighted by Gasteiger charge is -2.23. The summed E-state index contributed by atoms with van der Waals surface area (Å²) in [6, 6.07) is 13.4. The molecular weight excluding hydrogens is 368 g/mol. The Balaban J connectivity index is 1.73. The van der Waals surface area contributed by atoms with Crippen LogP contribution >= 0.6 is 0 Å². The number of ether oxygens (including phenoxy) is 2. The number of aryl methyl sites for hydroxylation is 2. The molecule has 2 amide bonds. The third-order valence-corrected chi connectivity index (χ3v) is 4.99. The van der Waals surface area contributed by atoms with E-state index in [4.69, 9.17) is 9.47 Å². The molecule has 0 heterocycles. The molecule has 6 heteroatoms. The van der Waals surface area contributed by atoms with Crippen molar-refractivity contribution in [3.8, 4) is 11.5 Å². The molecule has 2 rings (SSSR count). The van der Waals surface area contributed by atoms with E-state index in [9.17, 15) is 9.59 Å². The van der Waals surface area contributed by atoms with Crippen LogP contribution in [-0.4, -0.2) is 25.0 Å². The van der Waals surface area contributed by atoms with Crippen LogP contribution in [0.4, 0.5) is 0 Å². The van der Waals surface area contributed by atoms with Gasteiger partial charge in [-0.1, -0.05) is 51.1 Å². The topological polar surface area (TPSA) is 76.7 Å². The number of nitrogens with one attached hydrogen (secondary N) is 2. The molecule has 156 valence electrons. The van der Waals surface area contributed by atoms with Crippen LogP contribution < -0.4 is 20.3 Å². The van der Waals surface area contributed by atoms with E-state index in [0.29, 0.717) is 11.5 Å². The lowest BCUT2D eigenvalue weighted by Crippen LogP contribution is -2.45. The van der Waals surface area contributed by atoms with Crippen LogP contribution in [0.2, 0.25) is 0 Å². The van der Waals surface area contributed by atoms with Crippen LogP contribution in [-0.2, 0) is 15.0 Å². The first-order valence-electron chi connectivity index (χ1n) is 9.73. The number of hydrogen-bond acceptors (Lipinski definition) is 4. The van der Waals surface area contributed by atoms with Gasteiger partial charge in [0.2, 0.25) is 0 Å². The summed E-state index contributed by atoms with van der Waals surface area (Å²) in [5, 5.41) is 0. The van der Waals surface area contributed by atoms with Gasteiger partial charge in [0, 0.05) is 0 Å². The van der Waals surface area contributed by atoms with Gasteiger partial charge >= 0.3 is 0 Å². The molecule has 0 atom stereocenters. The summed E-state index contributed by atoms with van der Waals surface area (Å²) >= 11 is 0. The van der Waals surface area contributed by atoms with Crippen LogP contribution in [0, 0.1) is 13.8 Å². The average Bonchev–Trinajstić information content (AvgIpc) is 2.70. The zero-order chi connectivity index (χ0) is 21.4. The second kappa shape index (κ2) is 9.96. The Morgan fingerprint density at radius 3 is 1.90 bits per heavy atom. The lowest BCUT2D eigenvalue weighted by molar-refractivity contribution is -0.131. The number of carbonyl (C=O) groups excluding carboxylic acids is 2. The maximum atomic E-state index is 11.9. The number of rotatable bonds is 8. The maximum absolute atomic E-state index is 11.9. The van der Waals surface area contributed by atoms with Gasteiger partial charge in [-0.15, -0.1) is 0 Å². The molecule has 0 aliphatic heterocycles.